The van der Waals surface area contributed by atoms with Crippen molar-refractivity contribution in [2.45, 2.75) is 0 Å². The summed E-state index contributed by atoms with van der Waals surface area (Å²) in [6.45, 7) is 0. The predicted octanol–water partition coefficient (Wildman–Crippen LogP) is 7.56. The van der Waals surface area contributed by atoms with Crippen LogP contribution in [0.4, 0.5) is 0 Å². The van der Waals surface area contributed by atoms with E-state index >= 15 is 0 Å². The molecular weight excluding hydrogens is 414 g/mol. The van der Waals surface area contributed by atoms with Crippen molar-refractivity contribution in [1.82, 2.24) is 14.5 Å². The van der Waals surface area contributed by atoms with Gasteiger partial charge in [-0.2, -0.15) is 0 Å². The molecule has 0 saturated heterocycles. The van der Waals surface area contributed by atoms with Crippen molar-refractivity contribution in [2.75, 3.05) is 0 Å². The van der Waals surface area contributed by atoms with Crippen molar-refractivity contribution in [3.05, 3.63) is 114 Å². The van der Waals surface area contributed by atoms with Crippen molar-refractivity contribution in [2.24, 2.45) is 0 Å². The number of halogens is 1. The summed E-state index contributed by atoms with van der Waals surface area (Å²) in [7, 11) is 0. The van der Waals surface area contributed by atoms with Gasteiger partial charge in [0.15, 0.2) is 0 Å². The first kappa shape index (κ1) is 18.8. The lowest BCUT2D eigenvalue weighted by atomic mass is 10.1. The third-order valence-electron chi connectivity index (χ3n) is 5.77. The molecule has 0 aliphatic rings. The summed E-state index contributed by atoms with van der Waals surface area (Å²) in [6, 6.07) is 37.5. The van der Waals surface area contributed by atoms with Gasteiger partial charge in [-0.15, -0.1) is 0 Å². The summed E-state index contributed by atoms with van der Waals surface area (Å²) < 4.78 is 2.30. The zero-order chi connectivity index (χ0) is 21.5. The van der Waals surface area contributed by atoms with E-state index in [2.05, 4.69) is 87.3 Å². The van der Waals surface area contributed by atoms with Crippen LogP contribution in [-0.2, 0) is 0 Å². The fourth-order valence-electron chi connectivity index (χ4n) is 4.30. The molecule has 0 unspecified atom stereocenters. The van der Waals surface area contributed by atoms with Gasteiger partial charge in [0.25, 0.3) is 0 Å². The smallest absolute Gasteiger partial charge is 0.223 e. The van der Waals surface area contributed by atoms with Crippen LogP contribution >= 0.6 is 11.6 Å². The third-order valence-corrected chi connectivity index (χ3v) is 5.94. The molecule has 0 aliphatic heterocycles. The molecule has 0 spiro atoms. The van der Waals surface area contributed by atoms with Crippen LogP contribution in [0, 0.1) is 0 Å². The third kappa shape index (κ3) is 3.15. The second kappa shape index (κ2) is 7.63. The van der Waals surface area contributed by atoms with Crippen LogP contribution in [0.25, 0.3) is 50.0 Å². The van der Waals surface area contributed by atoms with Crippen molar-refractivity contribution in [1.29, 1.82) is 0 Å². The van der Waals surface area contributed by atoms with Crippen molar-refractivity contribution < 1.29 is 0 Å². The maximum atomic E-state index is 6.27. The Morgan fingerprint density at radius 1 is 0.531 bits per heavy atom. The molecule has 0 saturated carbocycles. The molecule has 0 radical (unpaired) electrons. The van der Waals surface area contributed by atoms with E-state index in [1.807, 2.05) is 36.4 Å². The van der Waals surface area contributed by atoms with Crippen LogP contribution in [0.3, 0.4) is 0 Å². The average Bonchev–Trinajstić information content (AvgIpc) is 3.19. The molecule has 0 bridgehead atoms. The second-order valence-electron chi connectivity index (χ2n) is 7.69. The summed E-state index contributed by atoms with van der Waals surface area (Å²) in [4.78, 5) is 8.88. The Morgan fingerprint density at radius 2 is 1.03 bits per heavy atom. The Morgan fingerprint density at radius 3 is 1.62 bits per heavy atom. The number of para-hydroxylation sites is 2. The Hall–Kier alpha value is -3.95. The van der Waals surface area contributed by atoms with Crippen LogP contribution in [0.1, 0.15) is 0 Å². The van der Waals surface area contributed by atoms with Crippen LogP contribution in [0.2, 0.25) is 5.28 Å². The van der Waals surface area contributed by atoms with Crippen LogP contribution in [0.5, 0.6) is 0 Å². The minimum Gasteiger partial charge on any atom is -0.309 e. The maximum absolute atomic E-state index is 6.27. The van der Waals surface area contributed by atoms with Gasteiger partial charge in [-0.1, -0.05) is 78.9 Å². The average molecular weight is 432 g/mol. The highest BCUT2D eigenvalue weighted by Crippen LogP contribution is 2.32. The molecule has 0 aliphatic carbocycles. The molecule has 6 rings (SSSR count). The second-order valence-corrected chi connectivity index (χ2v) is 8.03. The molecule has 32 heavy (non-hydrogen) atoms. The molecule has 0 N–H and O–H groups in total. The van der Waals surface area contributed by atoms with Crippen LogP contribution < -0.4 is 0 Å². The fourth-order valence-corrected chi connectivity index (χ4v) is 4.49. The minimum atomic E-state index is 0.243. The monoisotopic (exact) mass is 431 g/mol. The van der Waals surface area contributed by atoms with Crippen molar-refractivity contribution in [3.63, 3.8) is 0 Å². The molecule has 4 heteroatoms. The van der Waals surface area contributed by atoms with Gasteiger partial charge in [0.1, 0.15) is 0 Å². The molecule has 0 amide bonds. The number of benzene rings is 4. The molecular formula is C28H18ClN3. The first-order valence-electron chi connectivity index (χ1n) is 10.5. The van der Waals surface area contributed by atoms with Gasteiger partial charge in [0.2, 0.25) is 5.28 Å². The highest BCUT2D eigenvalue weighted by molar-refractivity contribution is 6.28. The highest BCUT2D eigenvalue weighted by Gasteiger charge is 2.12. The molecule has 6 aromatic rings. The standard InChI is InChI=1S/C28H18ClN3/c29-28-30-24(19-8-2-1-3-9-19)18-25(31-28)20-14-16-21(17-15-20)32-26-12-6-4-10-22(26)23-11-5-7-13-27(23)32/h1-18H. The maximum Gasteiger partial charge on any atom is 0.223 e. The Bertz CT molecular complexity index is 1510. The Kier molecular flexibility index (Phi) is 4.48. The van der Waals surface area contributed by atoms with E-state index in [0.717, 1.165) is 28.2 Å². The number of nitrogens with zero attached hydrogens (tertiary/aromatic N) is 3. The fraction of sp³-hybridized carbons (Fsp3) is 0. The lowest BCUT2D eigenvalue weighted by molar-refractivity contribution is 1.16. The highest BCUT2D eigenvalue weighted by atomic mass is 35.5. The van der Waals surface area contributed by atoms with Crippen molar-refractivity contribution >= 4 is 33.4 Å². The summed E-state index contributed by atoms with van der Waals surface area (Å²) >= 11 is 6.27. The van der Waals surface area contributed by atoms with Gasteiger partial charge in [-0.25, -0.2) is 9.97 Å². The molecule has 152 valence electrons. The normalized spacial score (nSPS) is 11.3. The van der Waals surface area contributed by atoms with Crippen LogP contribution in [0.15, 0.2) is 109 Å². The van der Waals surface area contributed by atoms with E-state index in [0.29, 0.717) is 0 Å². The molecule has 0 fully saturated rings. The zero-order valence-electron chi connectivity index (χ0n) is 17.1. The van der Waals surface area contributed by atoms with E-state index < -0.39 is 0 Å². The first-order valence-corrected chi connectivity index (χ1v) is 10.8. The quantitative estimate of drug-likeness (QED) is 0.270. The van der Waals surface area contributed by atoms with Crippen LogP contribution in [-0.4, -0.2) is 14.5 Å². The molecule has 3 nitrogen and oxygen atoms in total. The largest absolute Gasteiger partial charge is 0.309 e. The van der Waals surface area contributed by atoms with Gasteiger partial charge in [-0.3, -0.25) is 0 Å². The predicted molar refractivity (Wildman–Crippen MR) is 132 cm³/mol. The summed E-state index contributed by atoms with van der Waals surface area (Å²) in [6.07, 6.45) is 0. The number of aromatic nitrogens is 3. The Balaban J connectivity index is 1.46. The summed E-state index contributed by atoms with van der Waals surface area (Å²) in [5.74, 6) is 0. The SMILES string of the molecule is Clc1nc(-c2ccccc2)cc(-c2ccc(-n3c4ccccc4c4ccccc43)cc2)n1. The minimum absolute atomic E-state index is 0.243. The number of hydrogen-bond acceptors (Lipinski definition) is 2. The van der Waals surface area contributed by atoms with E-state index in [1.165, 1.54) is 21.8 Å². The topological polar surface area (TPSA) is 30.7 Å². The molecule has 2 aromatic heterocycles. The molecule has 4 aromatic carbocycles. The number of rotatable bonds is 3. The number of fused-ring (bicyclic) bond motifs is 3. The van der Waals surface area contributed by atoms with Gasteiger partial charge >= 0.3 is 0 Å². The van der Waals surface area contributed by atoms with E-state index in [-0.39, 0.29) is 5.28 Å². The number of hydrogen-bond donors (Lipinski definition) is 0. The lowest BCUT2D eigenvalue weighted by Crippen LogP contribution is -1.95. The van der Waals surface area contributed by atoms with E-state index in [4.69, 9.17) is 11.6 Å². The van der Waals surface area contributed by atoms with Gasteiger partial charge in [0.05, 0.1) is 22.4 Å². The zero-order valence-corrected chi connectivity index (χ0v) is 17.9. The lowest BCUT2D eigenvalue weighted by Gasteiger charge is -2.10. The van der Waals surface area contributed by atoms with E-state index in [1.54, 1.807) is 0 Å². The molecule has 2 heterocycles. The van der Waals surface area contributed by atoms with Gasteiger partial charge in [0, 0.05) is 27.6 Å². The molecule has 0 atom stereocenters. The van der Waals surface area contributed by atoms with E-state index in [9.17, 15) is 0 Å². The summed E-state index contributed by atoms with van der Waals surface area (Å²) in [5.41, 5.74) is 7.12. The first-order chi connectivity index (χ1) is 15.8. The van der Waals surface area contributed by atoms with Gasteiger partial charge < -0.3 is 4.57 Å². The Labute approximate surface area is 190 Å². The summed E-state index contributed by atoms with van der Waals surface area (Å²) in [5, 5.41) is 2.75. The van der Waals surface area contributed by atoms with Crippen molar-refractivity contribution in [3.8, 4) is 28.2 Å². The van der Waals surface area contributed by atoms with Gasteiger partial charge in [-0.05, 0) is 41.9 Å².